The number of aryl methyl sites for hydroxylation is 1. The van der Waals surface area contributed by atoms with Crippen LogP contribution >= 0.6 is 0 Å². The molecule has 1 aliphatic carbocycles. The summed E-state index contributed by atoms with van der Waals surface area (Å²) in [4.78, 5) is 49.3. The van der Waals surface area contributed by atoms with Crippen molar-refractivity contribution >= 4 is 27.6 Å². The van der Waals surface area contributed by atoms with E-state index in [0.717, 1.165) is 24.0 Å². The maximum atomic E-state index is 13.3. The molecule has 2 aliphatic heterocycles. The molecule has 2 aromatic heterocycles. The molecular formula is C29H28F5N5O6S. The van der Waals surface area contributed by atoms with E-state index in [1.165, 1.54) is 6.07 Å². The molecule has 17 heteroatoms. The number of hydrogen-bond acceptors (Lipinski definition) is 7. The van der Waals surface area contributed by atoms with Crippen molar-refractivity contribution in [3.63, 3.8) is 0 Å². The number of carbonyl (C=O) groups is 3. The highest BCUT2D eigenvalue weighted by Gasteiger charge is 2.47. The Balaban J connectivity index is 0.000000537. The zero-order chi connectivity index (χ0) is 33.9. The van der Waals surface area contributed by atoms with E-state index in [1.54, 1.807) is 30.2 Å². The molecule has 0 unspecified atom stereocenters. The molecule has 2 amide bonds. The number of carboxylic acid groups (broad SMARTS) is 1. The first kappa shape index (κ1) is 33.0. The number of hydrogen-bond donors (Lipinski definition) is 2. The number of imidazole rings is 1. The molecule has 0 spiro atoms. The van der Waals surface area contributed by atoms with Gasteiger partial charge in [-0.2, -0.15) is 13.2 Å². The molecule has 0 radical (unpaired) electrons. The fraction of sp³-hybridized carbons (Fsp3) is 0.414. The van der Waals surface area contributed by atoms with Crippen LogP contribution in [0.5, 0.6) is 0 Å². The van der Waals surface area contributed by atoms with Crippen LogP contribution in [0.15, 0.2) is 35.4 Å². The highest BCUT2D eigenvalue weighted by atomic mass is 32.2. The Labute approximate surface area is 259 Å². The molecule has 2 fully saturated rings. The van der Waals surface area contributed by atoms with E-state index in [0.29, 0.717) is 40.5 Å². The van der Waals surface area contributed by atoms with Crippen molar-refractivity contribution < 1.29 is 49.9 Å². The standard InChI is InChI=1S/C27H27F2N5O4S.C2HF3O2/c1-14-23(26(36)33-12-27(28,29)13-33)32-24(31-14)20-9-17(6-7-30-20)18-8-19-11-34(15(2)16-4-5-16)25(35)22(19)21(10-18)39(3,37)38;3-2(4,5)1(6)7/h6-10,15-16H,4-5,11-13H2,1-3H3,(H,31,32);(H,6,7)/t15-;/m0./s1. The quantitative estimate of drug-likeness (QED) is 0.368. The molecule has 1 saturated heterocycles. The number of H-pyrrole nitrogens is 1. The number of nitrogens with zero attached hydrogens (tertiary/aromatic N) is 4. The van der Waals surface area contributed by atoms with Crippen molar-refractivity contribution in [2.75, 3.05) is 19.3 Å². The van der Waals surface area contributed by atoms with Gasteiger partial charge in [0.1, 0.15) is 11.4 Å². The maximum Gasteiger partial charge on any atom is 0.490 e. The van der Waals surface area contributed by atoms with Gasteiger partial charge in [0.2, 0.25) is 0 Å². The molecule has 2 N–H and O–H groups in total. The fourth-order valence-electron chi connectivity index (χ4n) is 5.40. The Bertz CT molecular complexity index is 1850. The summed E-state index contributed by atoms with van der Waals surface area (Å²) >= 11 is 0. The maximum absolute atomic E-state index is 13.3. The summed E-state index contributed by atoms with van der Waals surface area (Å²) in [6.07, 6.45) is -0.312. The van der Waals surface area contributed by atoms with Crippen molar-refractivity contribution in [2.45, 2.75) is 56.3 Å². The second-order valence-corrected chi connectivity index (χ2v) is 13.6. The summed E-state index contributed by atoms with van der Waals surface area (Å²) in [6.45, 7) is 2.72. The highest BCUT2D eigenvalue weighted by Crippen LogP contribution is 2.41. The smallest absolute Gasteiger partial charge is 0.475 e. The van der Waals surface area contributed by atoms with Gasteiger partial charge in [0, 0.05) is 30.7 Å². The number of alkyl halides is 5. The number of aromatic nitrogens is 3. The Morgan fingerprint density at radius 2 is 1.76 bits per heavy atom. The molecule has 11 nitrogen and oxygen atoms in total. The molecule has 1 saturated carbocycles. The zero-order valence-electron chi connectivity index (χ0n) is 24.7. The van der Waals surface area contributed by atoms with Gasteiger partial charge in [-0.15, -0.1) is 0 Å². The molecule has 1 atom stereocenters. The van der Waals surface area contributed by atoms with Gasteiger partial charge in [0.15, 0.2) is 15.7 Å². The van der Waals surface area contributed by atoms with Crippen LogP contribution in [0.3, 0.4) is 0 Å². The number of carbonyl (C=O) groups excluding carboxylic acids is 2. The molecule has 3 aliphatic rings. The van der Waals surface area contributed by atoms with Crippen molar-refractivity contribution in [3.05, 3.63) is 53.0 Å². The third kappa shape index (κ3) is 6.59. The lowest BCUT2D eigenvalue weighted by Crippen LogP contribution is -2.58. The van der Waals surface area contributed by atoms with Crippen molar-refractivity contribution in [3.8, 4) is 22.6 Å². The van der Waals surface area contributed by atoms with E-state index in [4.69, 9.17) is 9.90 Å². The minimum absolute atomic E-state index is 0.00284. The topological polar surface area (TPSA) is 154 Å². The average molecular weight is 670 g/mol. The van der Waals surface area contributed by atoms with Gasteiger partial charge < -0.3 is 19.9 Å². The number of amides is 2. The van der Waals surface area contributed by atoms with Crippen LogP contribution in [0.2, 0.25) is 0 Å². The van der Waals surface area contributed by atoms with Crippen LogP contribution in [-0.4, -0.2) is 93.5 Å². The SMILES string of the molecule is Cc1[nH]c(-c2cc(-c3cc4c(c(S(C)(=O)=O)c3)C(=O)N([C@@H](C)C3CC3)C4)ccn2)nc1C(=O)N1CC(F)(F)C1.O=C(O)C(F)(F)F. The number of halogens is 5. The first-order valence-corrected chi connectivity index (χ1v) is 15.8. The minimum Gasteiger partial charge on any atom is -0.475 e. The summed E-state index contributed by atoms with van der Waals surface area (Å²) in [6, 6.07) is 6.83. The number of aliphatic carboxylic acids is 1. The van der Waals surface area contributed by atoms with Crippen molar-refractivity contribution in [1.29, 1.82) is 0 Å². The van der Waals surface area contributed by atoms with Crippen molar-refractivity contribution in [2.24, 2.45) is 5.92 Å². The summed E-state index contributed by atoms with van der Waals surface area (Å²) in [5.41, 5.74) is 3.03. The van der Waals surface area contributed by atoms with E-state index < -0.39 is 46.9 Å². The number of pyridine rings is 1. The molecule has 3 aromatic rings. The van der Waals surface area contributed by atoms with Gasteiger partial charge in [-0.3, -0.25) is 14.6 Å². The molecule has 1 aromatic carbocycles. The lowest BCUT2D eigenvalue weighted by molar-refractivity contribution is -0.192. The molecule has 0 bridgehead atoms. The monoisotopic (exact) mass is 669 g/mol. The summed E-state index contributed by atoms with van der Waals surface area (Å²) < 4.78 is 83.8. The first-order chi connectivity index (χ1) is 21.3. The third-order valence-corrected chi connectivity index (χ3v) is 9.11. The first-order valence-electron chi connectivity index (χ1n) is 14.0. The number of likely N-dealkylation sites (tertiary alicyclic amines) is 1. The second-order valence-electron chi connectivity index (χ2n) is 11.6. The van der Waals surface area contributed by atoms with Crippen LogP contribution in [0.4, 0.5) is 22.0 Å². The Morgan fingerprint density at radius 3 is 2.30 bits per heavy atom. The number of nitrogens with one attached hydrogen (secondary N) is 1. The lowest BCUT2D eigenvalue weighted by Gasteiger charge is -2.38. The van der Waals surface area contributed by atoms with Crippen LogP contribution in [0.25, 0.3) is 22.6 Å². The van der Waals surface area contributed by atoms with Gasteiger partial charge in [0.05, 0.1) is 23.5 Å². The Hall–Kier alpha value is -4.41. The second kappa shape index (κ2) is 11.4. The highest BCUT2D eigenvalue weighted by molar-refractivity contribution is 7.90. The summed E-state index contributed by atoms with van der Waals surface area (Å²) in [5, 5.41) is 7.12. The van der Waals surface area contributed by atoms with E-state index in [9.17, 15) is 40.0 Å². The number of sulfone groups is 1. The molecular weight excluding hydrogens is 641 g/mol. The van der Waals surface area contributed by atoms with E-state index in [-0.39, 0.29) is 33.9 Å². The predicted octanol–water partition coefficient (Wildman–Crippen LogP) is 4.33. The molecule has 46 heavy (non-hydrogen) atoms. The normalized spacial score (nSPS) is 18.0. The van der Waals surface area contributed by atoms with Crippen LogP contribution in [0, 0.1) is 12.8 Å². The van der Waals surface area contributed by atoms with E-state index in [1.807, 2.05) is 13.0 Å². The van der Waals surface area contributed by atoms with Crippen LogP contribution in [-0.2, 0) is 21.2 Å². The van der Waals surface area contributed by atoms with Crippen LogP contribution in [0.1, 0.15) is 51.9 Å². The number of benzene rings is 1. The Morgan fingerprint density at radius 1 is 1.13 bits per heavy atom. The van der Waals surface area contributed by atoms with Crippen LogP contribution < -0.4 is 0 Å². The molecule has 4 heterocycles. The van der Waals surface area contributed by atoms with E-state index >= 15 is 0 Å². The minimum atomic E-state index is -5.08. The number of rotatable bonds is 6. The van der Waals surface area contributed by atoms with Gasteiger partial charge in [0.25, 0.3) is 17.7 Å². The lowest BCUT2D eigenvalue weighted by atomic mass is 10.0. The van der Waals surface area contributed by atoms with Gasteiger partial charge >= 0.3 is 12.1 Å². The summed E-state index contributed by atoms with van der Waals surface area (Å²) in [7, 11) is -3.71. The zero-order valence-corrected chi connectivity index (χ0v) is 25.5. The summed E-state index contributed by atoms with van der Waals surface area (Å²) in [5.74, 6) is -5.74. The fourth-order valence-corrected chi connectivity index (χ4v) is 6.33. The largest absolute Gasteiger partial charge is 0.490 e. The Kier molecular flexibility index (Phi) is 8.20. The number of carboxylic acids is 1. The average Bonchev–Trinajstić information content (AvgIpc) is 3.65. The van der Waals surface area contributed by atoms with Gasteiger partial charge in [-0.1, -0.05) is 0 Å². The number of fused-ring (bicyclic) bond motifs is 1. The van der Waals surface area contributed by atoms with Crippen molar-refractivity contribution in [1.82, 2.24) is 24.8 Å². The third-order valence-electron chi connectivity index (χ3n) is 7.99. The predicted molar refractivity (Wildman–Crippen MR) is 152 cm³/mol. The van der Waals surface area contributed by atoms with Gasteiger partial charge in [-0.05, 0) is 73.6 Å². The molecule has 6 rings (SSSR count). The van der Waals surface area contributed by atoms with E-state index in [2.05, 4.69) is 15.0 Å². The van der Waals surface area contributed by atoms with Gasteiger partial charge in [-0.25, -0.2) is 27.0 Å². The molecule has 246 valence electrons. The number of aromatic amines is 1.